The van der Waals surface area contributed by atoms with Gasteiger partial charge in [0.2, 0.25) is 5.13 Å². The van der Waals surface area contributed by atoms with Crippen LogP contribution in [0.1, 0.15) is 23.7 Å². The van der Waals surface area contributed by atoms with Crippen molar-refractivity contribution in [2.24, 2.45) is 0 Å². The van der Waals surface area contributed by atoms with Gasteiger partial charge in [-0.2, -0.15) is 0 Å². The Morgan fingerprint density at radius 1 is 1.18 bits per heavy atom. The molecule has 0 fully saturated rings. The lowest BCUT2D eigenvalue weighted by molar-refractivity contribution is 0.997. The van der Waals surface area contributed by atoms with Gasteiger partial charge in [-0.25, -0.2) is 4.98 Å². The normalized spacial score (nSPS) is 11.1. The number of anilines is 2. The highest BCUT2D eigenvalue weighted by atomic mass is 32.2. The number of fused-ring (bicyclic) bond motifs is 1. The molecule has 0 aliphatic carbocycles. The molecular weight excluding hydrogens is 390 g/mol. The number of para-hydroxylation sites is 1. The van der Waals surface area contributed by atoms with Crippen LogP contribution in [0.5, 0.6) is 0 Å². The summed E-state index contributed by atoms with van der Waals surface area (Å²) in [6.07, 6.45) is 2.71. The van der Waals surface area contributed by atoms with Crippen LogP contribution in [-0.2, 0) is 12.2 Å². The van der Waals surface area contributed by atoms with E-state index in [0.29, 0.717) is 11.4 Å². The number of aryl methyl sites for hydroxylation is 2. The van der Waals surface area contributed by atoms with E-state index in [0.717, 1.165) is 32.8 Å². The second-order valence-electron chi connectivity index (χ2n) is 6.32. The minimum Gasteiger partial charge on any atom is -0.330 e. The van der Waals surface area contributed by atoms with Crippen molar-refractivity contribution in [1.29, 1.82) is 0 Å². The summed E-state index contributed by atoms with van der Waals surface area (Å²) in [7, 11) is 0. The Bertz CT molecular complexity index is 1180. The fourth-order valence-corrected chi connectivity index (χ4v) is 4.50. The molecule has 4 rings (SSSR count). The number of hydrogen-bond donors (Lipinski definition) is 1. The molecule has 6 nitrogen and oxygen atoms in total. The summed E-state index contributed by atoms with van der Waals surface area (Å²) in [5.74, 6) is 0.569. The third-order valence-electron chi connectivity index (χ3n) is 4.27. The van der Waals surface area contributed by atoms with Crippen LogP contribution >= 0.6 is 23.1 Å². The van der Waals surface area contributed by atoms with Crippen LogP contribution in [0.4, 0.5) is 10.8 Å². The molecule has 4 aromatic rings. The number of hydrogen-bond acceptors (Lipinski definition) is 7. The highest BCUT2D eigenvalue weighted by Gasteiger charge is 2.09. The SMILES string of the molecule is CCc1ccccc1Nc1nnc(SCc2cc(=O)n3ccc(C)cc3n2)s1. The molecule has 3 heterocycles. The molecule has 0 aliphatic heterocycles. The molecule has 142 valence electrons. The Kier molecular flexibility index (Phi) is 5.40. The molecule has 0 atom stereocenters. The maximum absolute atomic E-state index is 12.3. The summed E-state index contributed by atoms with van der Waals surface area (Å²) in [5.41, 5.74) is 4.70. The van der Waals surface area contributed by atoms with Gasteiger partial charge in [-0.05, 0) is 42.7 Å². The molecule has 0 amide bonds. The molecule has 1 aromatic carbocycles. The van der Waals surface area contributed by atoms with Gasteiger partial charge in [-0.1, -0.05) is 48.2 Å². The summed E-state index contributed by atoms with van der Waals surface area (Å²) in [4.78, 5) is 16.9. The second kappa shape index (κ2) is 8.12. The van der Waals surface area contributed by atoms with Gasteiger partial charge in [-0.3, -0.25) is 9.20 Å². The van der Waals surface area contributed by atoms with Crippen LogP contribution in [0.2, 0.25) is 0 Å². The van der Waals surface area contributed by atoms with Crippen molar-refractivity contribution in [3.05, 3.63) is 75.8 Å². The lowest BCUT2D eigenvalue weighted by Gasteiger charge is -2.07. The van der Waals surface area contributed by atoms with Gasteiger partial charge in [0, 0.05) is 23.7 Å². The van der Waals surface area contributed by atoms with Crippen LogP contribution in [-0.4, -0.2) is 19.6 Å². The van der Waals surface area contributed by atoms with E-state index in [1.54, 1.807) is 16.7 Å². The molecule has 0 saturated carbocycles. The molecule has 8 heteroatoms. The van der Waals surface area contributed by atoms with Gasteiger partial charge in [-0.15, -0.1) is 10.2 Å². The molecule has 0 radical (unpaired) electrons. The standard InChI is InChI=1S/C20H19N5OS2/c1-3-14-6-4-5-7-16(14)22-19-23-24-20(28-19)27-12-15-11-18(26)25-9-8-13(2)10-17(25)21-15/h4-11H,3,12H2,1-2H3,(H,22,23). The van der Waals surface area contributed by atoms with Gasteiger partial charge in [0.15, 0.2) is 4.34 Å². The number of benzene rings is 1. The monoisotopic (exact) mass is 409 g/mol. The third kappa shape index (κ3) is 4.07. The van der Waals surface area contributed by atoms with Gasteiger partial charge in [0.1, 0.15) is 5.65 Å². The molecule has 1 N–H and O–H groups in total. The zero-order chi connectivity index (χ0) is 19.5. The summed E-state index contributed by atoms with van der Waals surface area (Å²) >= 11 is 3.03. The van der Waals surface area contributed by atoms with Crippen LogP contribution in [0, 0.1) is 6.92 Å². The van der Waals surface area contributed by atoms with E-state index >= 15 is 0 Å². The van der Waals surface area contributed by atoms with Crippen molar-refractivity contribution in [2.45, 2.75) is 30.4 Å². The predicted octanol–water partition coefficient (Wildman–Crippen LogP) is 4.45. The summed E-state index contributed by atoms with van der Waals surface area (Å²) in [6, 6.07) is 13.6. The number of rotatable bonds is 6. The topological polar surface area (TPSA) is 72.2 Å². The molecule has 0 aliphatic rings. The van der Waals surface area contributed by atoms with Gasteiger partial charge in [0.05, 0.1) is 5.69 Å². The third-order valence-corrected chi connectivity index (χ3v) is 6.27. The Hall–Kier alpha value is -2.71. The number of nitrogens with zero attached hydrogens (tertiary/aromatic N) is 4. The quantitative estimate of drug-likeness (QED) is 0.474. The molecule has 3 aromatic heterocycles. The lowest BCUT2D eigenvalue weighted by atomic mass is 10.1. The number of pyridine rings is 1. The van der Waals surface area contributed by atoms with Crippen molar-refractivity contribution < 1.29 is 0 Å². The largest absolute Gasteiger partial charge is 0.330 e. The molecular formula is C20H19N5OS2. The zero-order valence-corrected chi connectivity index (χ0v) is 17.2. The molecule has 0 spiro atoms. The minimum absolute atomic E-state index is 0.0728. The van der Waals surface area contributed by atoms with E-state index < -0.39 is 0 Å². The highest BCUT2D eigenvalue weighted by Crippen LogP contribution is 2.30. The number of aromatic nitrogens is 4. The first-order valence-corrected chi connectivity index (χ1v) is 10.7. The van der Waals surface area contributed by atoms with Crippen LogP contribution in [0.15, 0.2) is 57.8 Å². The van der Waals surface area contributed by atoms with Gasteiger partial charge < -0.3 is 5.32 Å². The van der Waals surface area contributed by atoms with Gasteiger partial charge >= 0.3 is 0 Å². The molecule has 0 bridgehead atoms. The van der Waals surface area contributed by atoms with Crippen LogP contribution < -0.4 is 10.9 Å². The van der Waals surface area contributed by atoms with E-state index in [-0.39, 0.29) is 5.56 Å². The molecule has 0 unspecified atom stereocenters. The Balaban J connectivity index is 1.47. The Morgan fingerprint density at radius 3 is 2.89 bits per heavy atom. The summed E-state index contributed by atoms with van der Waals surface area (Å²) < 4.78 is 2.39. The Labute approximate surface area is 170 Å². The van der Waals surface area contributed by atoms with Crippen molar-refractivity contribution in [3.63, 3.8) is 0 Å². The molecule has 0 saturated heterocycles. The van der Waals surface area contributed by atoms with Crippen molar-refractivity contribution in [1.82, 2.24) is 19.6 Å². The smallest absolute Gasteiger partial charge is 0.258 e. The van der Waals surface area contributed by atoms with Crippen molar-refractivity contribution in [3.8, 4) is 0 Å². The van der Waals surface area contributed by atoms with Gasteiger partial charge in [0.25, 0.3) is 5.56 Å². The van der Waals surface area contributed by atoms with E-state index in [2.05, 4.69) is 33.5 Å². The first-order chi connectivity index (χ1) is 13.6. The fourth-order valence-electron chi connectivity index (χ4n) is 2.85. The Morgan fingerprint density at radius 2 is 2.04 bits per heavy atom. The number of thioether (sulfide) groups is 1. The maximum atomic E-state index is 12.3. The first kappa shape index (κ1) is 18.6. The highest BCUT2D eigenvalue weighted by molar-refractivity contribution is 8.00. The van der Waals surface area contributed by atoms with Crippen molar-refractivity contribution in [2.75, 3.05) is 5.32 Å². The minimum atomic E-state index is -0.0728. The van der Waals surface area contributed by atoms with E-state index in [9.17, 15) is 4.79 Å². The van der Waals surface area contributed by atoms with E-state index in [1.165, 1.54) is 28.7 Å². The van der Waals surface area contributed by atoms with E-state index in [1.807, 2.05) is 37.3 Å². The van der Waals surface area contributed by atoms with E-state index in [4.69, 9.17) is 0 Å². The average molecular weight is 410 g/mol. The van der Waals surface area contributed by atoms with Crippen LogP contribution in [0.3, 0.4) is 0 Å². The summed E-state index contributed by atoms with van der Waals surface area (Å²) in [6.45, 7) is 4.11. The maximum Gasteiger partial charge on any atom is 0.258 e. The second-order valence-corrected chi connectivity index (χ2v) is 8.52. The predicted molar refractivity (Wildman–Crippen MR) is 115 cm³/mol. The zero-order valence-electron chi connectivity index (χ0n) is 15.5. The van der Waals surface area contributed by atoms with Crippen molar-refractivity contribution >= 4 is 39.6 Å². The van der Waals surface area contributed by atoms with Crippen LogP contribution in [0.25, 0.3) is 5.65 Å². The number of nitrogens with one attached hydrogen (secondary N) is 1. The fraction of sp³-hybridized carbons (Fsp3) is 0.200. The summed E-state index contributed by atoms with van der Waals surface area (Å²) in [5, 5.41) is 12.6. The molecule has 28 heavy (non-hydrogen) atoms. The lowest BCUT2D eigenvalue weighted by Crippen LogP contribution is -2.15. The first-order valence-electron chi connectivity index (χ1n) is 8.92. The average Bonchev–Trinajstić information content (AvgIpc) is 3.14.